The Morgan fingerprint density at radius 2 is 1.93 bits per heavy atom. The van der Waals surface area contributed by atoms with Gasteiger partial charge in [-0.15, -0.1) is 0 Å². The molecule has 1 aromatic carbocycles. The molecule has 1 aromatic heterocycles. The van der Waals surface area contributed by atoms with Crippen LogP contribution in [0.5, 0.6) is 5.75 Å². The van der Waals surface area contributed by atoms with Crippen molar-refractivity contribution in [2.24, 2.45) is 0 Å². The van der Waals surface area contributed by atoms with Gasteiger partial charge in [0.25, 0.3) is 0 Å². The summed E-state index contributed by atoms with van der Waals surface area (Å²) in [4.78, 5) is 24.0. The van der Waals surface area contributed by atoms with Crippen molar-refractivity contribution < 1.29 is 23.8 Å². The Balaban J connectivity index is 2.06. The van der Waals surface area contributed by atoms with Crippen LogP contribution in [0.4, 0.5) is 0 Å². The Bertz CT molecular complexity index is 833. The van der Waals surface area contributed by atoms with E-state index in [1.165, 1.54) is 26.4 Å². The number of benzene rings is 1. The van der Waals surface area contributed by atoms with E-state index < -0.39 is 5.97 Å². The van der Waals surface area contributed by atoms with E-state index in [2.05, 4.69) is 9.30 Å². The Morgan fingerprint density at radius 1 is 1.19 bits per heavy atom. The smallest absolute Gasteiger partial charge is 0.343 e. The largest absolute Gasteiger partial charge is 0.482 e. The zero-order chi connectivity index (χ0) is 19.4. The quantitative estimate of drug-likeness (QED) is 0.711. The molecule has 0 amide bonds. The third-order valence-corrected chi connectivity index (χ3v) is 5.22. The molecule has 0 unspecified atom stereocenters. The molecule has 0 radical (unpaired) electrons. The fourth-order valence-electron chi connectivity index (χ4n) is 3.98. The van der Waals surface area contributed by atoms with Gasteiger partial charge in [0, 0.05) is 22.6 Å². The standard InChI is InChI=1S/C21H27NO5/c1-4-26-21(24)20-14(2)22(15-8-6-5-7-9-15)18-11-10-16(12-17(18)20)27-13-19(23)25-3/h10-12,15H,4-9,13H2,1-3H3. The van der Waals surface area contributed by atoms with E-state index in [4.69, 9.17) is 9.47 Å². The average Bonchev–Trinajstić information content (AvgIpc) is 2.98. The molecule has 0 bridgehead atoms. The highest BCUT2D eigenvalue weighted by Gasteiger charge is 2.26. The third-order valence-electron chi connectivity index (χ3n) is 5.22. The van der Waals surface area contributed by atoms with E-state index in [-0.39, 0.29) is 12.6 Å². The van der Waals surface area contributed by atoms with Gasteiger partial charge in [-0.05, 0) is 44.9 Å². The maximum absolute atomic E-state index is 12.6. The second-order valence-corrected chi connectivity index (χ2v) is 6.89. The molecule has 1 aliphatic carbocycles. The first-order valence-corrected chi connectivity index (χ1v) is 9.58. The van der Waals surface area contributed by atoms with Gasteiger partial charge in [-0.3, -0.25) is 0 Å². The molecular weight excluding hydrogens is 346 g/mol. The number of carbonyl (C=O) groups excluding carboxylic acids is 2. The van der Waals surface area contributed by atoms with Crippen molar-refractivity contribution in [3.05, 3.63) is 29.5 Å². The first kappa shape index (κ1) is 19.3. The lowest BCUT2D eigenvalue weighted by atomic mass is 9.95. The van der Waals surface area contributed by atoms with Crippen LogP contribution in [-0.2, 0) is 14.3 Å². The summed E-state index contributed by atoms with van der Waals surface area (Å²) in [7, 11) is 1.32. The SMILES string of the molecule is CCOC(=O)c1c(C)n(C2CCCCC2)c2ccc(OCC(=O)OC)cc12. The van der Waals surface area contributed by atoms with Crippen LogP contribution >= 0.6 is 0 Å². The molecule has 1 aliphatic rings. The Labute approximate surface area is 159 Å². The minimum atomic E-state index is -0.448. The number of ether oxygens (including phenoxy) is 3. The van der Waals surface area contributed by atoms with E-state index in [0.29, 0.717) is 24.0 Å². The van der Waals surface area contributed by atoms with Crippen LogP contribution in [0.2, 0.25) is 0 Å². The first-order chi connectivity index (χ1) is 13.1. The van der Waals surface area contributed by atoms with E-state index >= 15 is 0 Å². The molecule has 0 spiro atoms. The molecule has 1 heterocycles. The van der Waals surface area contributed by atoms with Crippen molar-refractivity contribution in [1.29, 1.82) is 0 Å². The summed E-state index contributed by atoms with van der Waals surface area (Å²) in [5.74, 6) is -0.240. The summed E-state index contributed by atoms with van der Waals surface area (Å²) >= 11 is 0. The predicted molar refractivity (Wildman–Crippen MR) is 102 cm³/mol. The van der Waals surface area contributed by atoms with Gasteiger partial charge < -0.3 is 18.8 Å². The molecule has 1 saturated carbocycles. The number of aromatic nitrogens is 1. The van der Waals surface area contributed by atoms with Crippen LogP contribution in [0.15, 0.2) is 18.2 Å². The van der Waals surface area contributed by atoms with Gasteiger partial charge in [0.1, 0.15) is 5.75 Å². The number of hydrogen-bond acceptors (Lipinski definition) is 5. The molecule has 0 saturated heterocycles. The molecule has 6 nitrogen and oxygen atoms in total. The summed E-state index contributed by atoms with van der Waals surface area (Å²) < 4.78 is 17.7. The van der Waals surface area contributed by atoms with Gasteiger partial charge in [0.05, 0.1) is 19.3 Å². The number of rotatable bonds is 6. The van der Waals surface area contributed by atoms with Crippen LogP contribution in [0.25, 0.3) is 10.9 Å². The van der Waals surface area contributed by atoms with Crippen LogP contribution in [0.3, 0.4) is 0 Å². The average molecular weight is 373 g/mol. The molecule has 0 atom stereocenters. The second-order valence-electron chi connectivity index (χ2n) is 6.89. The molecule has 0 N–H and O–H groups in total. The maximum atomic E-state index is 12.6. The fourth-order valence-corrected chi connectivity index (χ4v) is 3.98. The first-order valence-electron chi connectivity index (χ1n) is 9.58. The molecule has 6 heteroatoms. The Kier molecular flexibility index (Phi) is 6.04. The highest BCUT2D eigenvalue weighted by Crippen LogP contribution is 2.37. The number of carbonyl (C=O) groups is 2. The zero-order valence-electron chi connectivity index (χ0n) is 16.2. The van der Waals surface area contributed by atoms with Crippen molar-refractivity contribution in [2.45, 2.75) is 52.0 Å². The summed E-state index contributed by atoms with van der Waals surface area (Å²) in [5, 5.41) is 0.805. The molecule has 2 aromatic rings. The Morgan fingerprint density at radius 3 is 2.59 bits per heavy atom. The molecule has 0 aliphatic heterocycles. The van der Waals surface area contributed by atoms with E-state index in [9.17, 15) is 9.59 Å². The Hall–Kier alpha value is -2.50. The lowest BCUT2D eigenvalue weighted by Gasteiger charge is -2.26. The monoisotopic (exact) mass is 373 g/mol. The van der Waals surface area contributed by atoms with Gasteiger partial charge in [-0.25, -0.2) is 9.59 Å². The normalized spacial score (nSPS) is 14.9. The highest BCUT2D eigenvalue weighted by molar-refractivity contribution is 6.06. The minimum absolute atomic E-state index is 0.168. The van der Waals surface area contributed by atoms with Gasteiger partial charge in [0.15, 0.2) is 6.61 Å². The van der Waals surface area contributed by atoms with E-state index in [1.54, 1.807) is 6.92 Å². The summed E-state index contributed by atoms with van der Waals surface area (Å²) in [5.41, 5.74) is 2.52. The van der Waals surface area contributed by atoms with Gasteiger partial charge in [0.2, 0.25) is 0 Å². The topological polar surface area (TPSA) is 66.8 Å². The summed E-state index contributed by atoms with van der Waals surface area (Å²) in [6, 6.07) is 6.01. The van der Waals surface area contributed by atoms with Crippen LogP contribution < -0.4 is 4.74 Å². The molecule has 3 rings (SSSR count). The van der Waals surface area contributed by atoms with Crippen molar-refractivity contribution in [3.63, 3.8) is 0 Å². The third kappa shape index (κ3) is 3.94. The predicted octanol–water partition coefficient (Wildman–Crippen LogP) is 4.18. The van der Waals surface area contributed by atoms with E-state index in [1.807, 2.05) is 25.1 Å². The lowest BCUT2D eigenvalue weighted by Crippen LogP contribution is -2.15. The number of fused-ring (bicyclic) bond motifs is 1. The maximum Gasteiger partial charge on any atom is 0.343 e. The van der Waals surface area contributed by atoms with Crippen LogP contribution in [0, 0.1) is 6.92 Å². The number of nitrogens with zero attached hydrogens (tertiary/aromatic N) is 1. The fraction of sp³-hybridized carbons (Fsp3) is 0.524. The van der Waals surface area contributed by atoms with Gasteiger partial charge in [-0.2, -0.15) is 0 Å². The lowest BCUT2D eigenvalue weighted by molar-refractivity contribution is -0.142. The molecule has 27 heavy (non-hydrogen) atoms. The number of methoxy groups -OCH3 is 1. The summed E-state index contributed by atoms with van der Waals surface area (Å²) in [6.07, 6.45) is 5.92. The van der Waals surface area contributed by atoms with Gasteiger partial charge >= 0.3 is 11.9 Å². The van der Waals surface area contributed by atoms with Crippen molar-refractivity contribution in [2.75, 3.05) is 20.3 Å². The van der Waals surface area contributed by atoms with Gasteiger partial charge in [-0.1, -0.05) is 19.3 Å². The molecular formula is C21H27NO5. The number of hydrogen-bond donors (Lipinski definition) is 0. The van der Waals surface area contributed by atoms with E-state index in [0.717, 1.165) is 29.4 Å². The van der Waals surface area contributed by atoms with Crippen molar-refractivity contribution in [3.8, 4) is 5.75 Å². The highest BCUT2D eigenvalue weighted by atomic mass is 16.6. The summed E-state index contributed by atoms with van der Waals surface area (Å²) in [6.45, 7) is 3.94. The molecule has 146 valence electrons. The van der Waals surface area contributed by atoms with Crippen LogP contribution in [0.1, 0.15) is 61.1 Å². The zero-order valence-corrected chi connectivity index (χ0v) is 16.2. The van der Waals surface area contributed by atoms with Crippen molar-refractivity contribution >= 4 is 22.8 Å². The number of esters is 2. The minimum Gasteiger partial charge on any atom is -0.482 e. The van der Waals surface area contributed by atoms with Crippen LogP contribution in [-0.4, -0.2) is 36.8 Å². The second kappa shape index (κ2) is 8.46. The van der Waals surface area contributed by atoms with Crippen molar-refractivity contribution in [1.82, 2.24) is 4.57 Å². The molecule has 1 fully saturated rings.